The lowest BCUT2D eigenvalue weighted by atomic mass is 10.1. The summed E-state index contributed by atoms with van der Waals surface area (Å²) in [5.74, 6) is 0.548. The molecule has 132 valence electrons. The van der Waals surface area contributed by atoms with Crippen molar-refractivity contribution in [3.8, 4) is 11.5 Å². The van der Waals surface area contributed by atoms with Crippen molar-refractivity contribution in [3.63, 3.8) is 0 Å². The topological polar surface area (TPSA) is 106 Å². The molecule has 9 heteroatoms. The van der Waals surface area contributed by atoms with Crippen LogP contribution < -0.4 is 20.1 Å². The summed E-state index contributed by atoms with van der Waals surface area (Å²) in [7, 11) is 0. The van der Waals surface area contributed by atoms with Gasteiger partial charge in [0.05, 0.1) is 12.2 Å². The van der Waals surface area contributed by atoms with E-state index in [1.165, 1.54) is 11.3 Å². The molecule has 2 heterocycles. The van der Waals surface area contributed by atoms with Crippen LogP contribution in [0.2, 0.25) is 0 Å². The number of fused-ring (bicyclic) bond motifs is 1. The molecule has 1 aliphatic heterocycles. The van der Waals surface area contributed by atoms with Gasteiger partial charge in [0.25, 0.3) is 5.91 Å². The molecule has 25 heavy (non-hydrogen) atoms. The van der Waals surface area contributed by atoms with E-state index in [0.29, 0.717) is 22.1 Å². The largest absolute Gasteiger partial charge is 0.454 e. The molecule has 2 amide bonds. The predicted molar refractivity (Wildman–Crippen MR) is 90.0 cm³/mol. The van der Waals surface area contributed by atoms with Crippen molar-refractivity contribution in [3.05, 3.63) is 40.8 Å². The number of thiophene rings is 1. The van der Waals surface area contributed by atoms with Crippen molar-refractivity contribution in [1.29, 1.82) is 0 Å². The highest BCUT2D eigenvalue weighted by atomic mass is 32.1. The van der Waals surface area contributed by atoms with Crippen molar-refractivity contribution < 1.29 is 28.9 Å². The Morgan fingerprint density at radius 2 is 2.12 bits per heavy atom. The smallest absolute Gasteiger partial charge is 0.414 e. The molecule has 1 unspecified atom stereocenters. The maximum atomic E-state index is 12.1. The van der Waals surface area contributed by atoms with E-state index >= 15 is 0 Å². The normalized spacial score (nSPS) is 13.2. The van der Waals surface area contributed by atoms with Crippen LogP contribution in [-0.4, -0.2) is 30.5 Å². The molecule has 0 saturated carbocycles. The maximum Gasteiger partial charge on any atom is 0.414 e. The Hall–Kier alpha value is -2.78. The van der Waals surface area contributed by atoms with Crippen LogP contribution in [0.1, 0.15) is 29.1 Å². The van der Waals surface area contributed by atoms with Gasteiger partial charge in [-0.3, -0.25) is 10.1 Å². The Bertz CT molecular complexity index is 791. The molecule has 0 spiro atoms. The molecular formula is C16H16N2O6S. The highest BCUT2D eigenvalue weighted by Crippen LogP contribution is 2.35. The third-order valence-electron chi connectivity index (χ3n) is 3.38. The second-order valence-corrected chi connectivity index (χ2v) is 5.91. The lowest BCUT2D eigenvalue weighted by Gasteiger charge is -2.15. The van der Waals surface area contributed by atoms with Crippen LogP contribution in [0.3, 0.4) is 0 Å². The second kappa shape index (κ2) is 7.41. The lowest BCUT2D eigenvalue weighted by molar-refractivity contribution is 0.0926. The summed E-state index contributed by atoms with van der Waals surface area (Å²) in [6.45, 7) is 1.95. The van der Waals surface area contributed by atoms with E-state index in [1.54, 1.807) is 36.6 Å². The summed E-state index contributed by atoms with van der Waals surface area (Å²) < 4.78 is 15.2. The highest BCUT2D eigenvalue weighted by Gasteiger charge is 2.20. The van der Waals surface area contributed by atoms with E-state index in [9.17, 15) is 14.7 Å². The van der Waals surface area contributed by atoms with E-state index in [0.717, 1.165) is 0 Å². The summed E-state index contributed by atoms with van der Waals surface area (Å²) in [6, 6.07) is 6.60. The number of nitrogens with one attached hydrogen (secondary N) is 2. The number of amides is 2. The minimum absolute atomic E-state index is 0.144. The maximum absolute atomic E-state index is 12.1. The lowest BCUT2D eigenvalue weighted by Crippen LogP contribution is -2.31. The fourth-order valence-corrected chi connectivity index (χ4v) is 3.03. The third kappa shape index (κ3) is 3.83. The van der Waals surface area contributed by atoms with Gasteiger partial charge in [-0.1, -0.05) is 6.07 Å². The zero-order valence-corrected chi connectivity index (χ0v) is 14.1. The number of anilines is 1. The average molecular weight is 364 g/mol. The van der Waals surface area contributed by atoms with E-state index < -0.39 is 18.2 Å². The number of hydrogen-bond acceptors (Lipinski definition) is 8. The van der Waals surface area contributed by atoms with Crippen molar-refractivity contribution in [1.82, 2.24) is 5.32 Å². The zero-order valence-electron chi connectivity index (χ0n) is 13.3. The quantitative estimate of drug-likeness (QED) is 0.700. The van der Waals surface area contributed by atoms with Gasteiger partial charge in [0.1, 0.15) is 5.00 Å². The summed E-state index contributed by atoms with van der Waals surface area (Å²) in [5, 5.41) is 17.4. The number of aliphatic hydroxyl groups excluding tert-OH is 1. The molecule has 1 aromatic carbocycles. The Morgan fingerprint density at radius 1 is 1.32 bits per heavy atom. The first-order chi connectivity index (χ1) is 12.1. The molecule has 3 rings (SSSR count). The second-order valence-electron chi connectivity index (χ2n) is 5.00. The summed E-state index contributed by atoms with van der Waals surface area (Å²) in [5.41, 5.74) is 0.784. The molecule has 1 aromatic heterocycles. The van der Waals surface area contributed by atoms with Crippen LogP contribution in [-0.2, 0) is 4.74 Å². The van der Waals surface area contributed by atoms with Crippen molar-refractivity contribution in [2.24, 2.45) is 0 Å². The van der Waals surface area contributed by atoms with Gasteiger partial charge in [-0.2, -0.15) is 0 Å². The van der Waals surface area contributed by atoms with Crippen molar-refractivity contribution in [2.45, 2.75) is 13.2 Å². The van der Waals surface area contributed by atoms with Gasteiger partial charge >= 0.3 is 6.09 Å². The molecule has 0 radical (unpaired) electrons. The van der Waals surface area contributed by atoms with Crippen LogP contribution in [0.5, 0.6) is 11.5 Å². The fraction of sp³-hybridized carbons (Fsp3) is 0.250. The number of carbonyl (C=O) groups excluding carboxylic acids is 2. The molecule has 2 aromatic rings. The van der Waals surface area contributed by atoms with Crippen LogP contribution in [0.15, 0.2) is 29.6 Å². The van der Waals surface area contributed by atoms with E-state index in [-0.39, 0.29) is 19.0 Å². The highest BCUT2D eigenvalue weighted by molar-refractivity contribution is 7.14. The minimum Gasteiger partial charge on any atom is -0.454 e. The average Bonchev–Trinajstić information content (AvgIpc) is 3.22. The van der Waals surface area contributed by atoms with Gasteiger partial charge in [-0.25, -0.2) is 4.79 Å². The number of aliphatic hydroxyl groups is 1. The van der Waals surface area contributed by atoms with Crippen LogP contribution in [0, 0.1) is 0 Å². The van der Waals surface area contributed by atoms with Crippen molar-refractivity contribution in [2.75, 3.05) is 18.7 Å². The van der Waals surface area contributed by atoms with Gasteiger partial charge in [-0.05, 0) is 30.5 Å². The molecule has 0 aliphatic carbocycles. The van der Waals surface area contributed by atoms with Crippen LogP contribution in [0.25, 0.3) is 0 Å². The molecular weight excluding hydrogens is 348 g/mol. The monoisotopic (exact) mass is 364 g/mol. The number of carbonyl (C=O) groups is 2. The van der Waals surface area contributed by atoms with Crippen LogP contribution in [0.4, 0.5) is 9.80 Å². The molecule has 8 nitrogen and oxygen atoms in total. The number of benzene rings is 1. The SMILES string of the molecule is CCOC(=O)NC(=O)c1ccsc1NC(O)c1ccc2c(c1)OCO2. The van der Waals surface area contributed by atoms with Gasteiger partial charge < -0.3 is 24.6 Å². The first kappa shape index (κ1) is 17.1. The Balaban J connectivity index is 1.70. The molecule has 0 saturated heterocycles. The van der Waals surface area contributed by atoms with Crippen LogP contribution >= 0.6 is 11.3 Å². The summed E-state index contributed by atoms with van der Waals surface area (Å²) in [6.07, 6.45) is -1.89. The van der Waals surface area contributed by atoms with Gasteiger partial charge in [0, 0.05) is 5.56 Å². The van der Waals surface area contributed by atoms with Crippen molar-refractivity contribution >= 4 is 28.3 Å². The van der Waals surface area contributed by atoms with Gasteiger partial charge in [-0.15, -0.1) is 11.3 Å². The molecule has 3 N–H and O–H groups in total. The number of imide groups is 1. The predicted octanol–water partition coefficient (Wildman–Crippen LogP) is 2.47. The standard InChI is InChI=1S/C16H16N2O6S/c1-2-22-16(21)18-14(20)10-5-6-25-15(10)17-13(19)9-3-4-11-12(7-9)24-8-23-11/h3-7,13,17,19H,2,8H2,1H3,(H,18,20,21). The van der Waals surface area contributed by atoms with Gasteiger partial charge in [0.15, 0.2) is 17.7 Å². The Kier molecular flexibility index (Phi) is 5.05. The molecule has 0 fully saturated rings. The number of ether oxygens (including phenoxy) is 3. The Labute approximate surface area is 147 Å². The fourth-order valence-electron chi connectivity index (χ4n) is 2.22. The first-order valence-corrected chi connectivity index (χ1v) is 8.36. The number of alkyl carbamates (subject to hydrolysis) is 1. The summed E-state index contributed by atoms with van der Waals surface area (Å²) in [4.78, 5) is 23.5. The minimum atomic E-state index is -1.07. The number of hydrogen-bond donors (Lipinski definition) is 3. The molecule has 1 aliphatic rings. The van der Waals surface area contributed by atoms with Gasteiger partial charge in [0.2, 0.25) is 6.79 Å². The summed E-state index contributed by atoms with van der Waals surface area (Å²) >= 11 is 1.23. The molecule has 1 atom stereocenters. The van der Waals surface area contributed by atoms with E-state index in [1.807, 2.05) is 0 Å². The zero-order chi connectivity index (χ0) is 17.8. The van der Waals surface area contributed by atoms with E-state index in [4.69, 9.17) is 9.47 Å². The number of rotatable bonds is 5. The Morgan fingerprint density at radius 3 is 2.92 bits per heavy atom. The van der Waals surface area contributed by atoms with E-state index in [2.05, 4.69) is 15.4 Å². The third-order valence-corrected chi connectivity index (χ3v) is 4.23. The first-order valence-electron chi connectivity index (χ1n) is 7.48. The molecule has 0 bridgehead atoms.